The number of benzene rings is 3. The molecule has 4 nitrogen and oxygen atoms in total. The molecule has 0 bridgehead atoms. The molecule has 36 heavy (non-hydrogen) atoms. The fourth-order valence-corrected chi connectivity index (χ4v) is 4.58. The zero-order chi connectivity index (χ0) is 26.3. The van der Waals surface area contributed by atoms with Crippen molar-refractivity contribution < 1.29 is 34.8 Å². The molecule has 0 aliphatic heterocycles. The molecule has 0 fully saturated rings. The van der Waals surface area contributed by atoms with Crippen molar-refractivity contribution in [3.8, 4) is 33.8 Å². The fraction of sp³-hybridized carbons (Fsp3) is 0.0833. The largest absolute Gasteiger partial charge is 0.433 e. The number of nitrogens with zero attached hydrogens (tertiary/aromatic N) is 2. The first-order valence-electron chi connectivity index (χ1n) is 10.0. The second-order valence-electron chi connectivity index (χ2n) is 7.52. The molecule has 1 heterocycles. The van der Waals surface area contributed by atoms with Gasteiger partial charge in [0, 0.05) is 21.8 Å². The molecule has 186 valence electrons. The van der Waals surface area contributed by atoms with Gasteiger partial charge in [-0.1, -0.05) is 54.6 Å². The first-order valence-corrected chi connectivity index (χ1v) is 12.3. The molecule has 1 aromatic heterocycles. The Morgan fingerprint density at radius 1 is 0.694 bits per heavy atom. The third-order valence-electron chi connectivity index (χ3n) is 5.12. The van der Waals surface area contributed by atoms with E-state index >= 15 is 0 Å². The number of alkyl halides is 6. The third-order valence-corrected chi connectivity index (χ3v) is 6.49. The summed E-state index contributed by atoms with van der Waals surface area (Å²) in [5, 5.41) is 0. The summed E-state index contributed by atoms with van der Waals surface area (Å²) in [7, 11) is 1.13. The Balaban J connectivity index is 2.03. The van der Waals surface area contributed by atoms with E-state index in [0.29, 0.717) is 23.8 Å². The number of halogens is 7. The van der Waals surface area contributed by atoms with Crippen LogP contribution in [0.1, 0.15) is 11.3 Å². The number of rotatable bonds is 4. The van der Waals surface area contributed by atoms with Crippen molar-refractivity contribution in [3.05, 3.63) is 90.1 Å². The maximum Gasteiger partial charge on any atom is 0.433 e. The lowest BCUT2D eigenvalue weighted by Gasteiger charge is -2.16. The highest BCUT2D eigenvalue weighted by Gasteiger charge is 2.35. The summed E-state index contributed by atoms with van der Waals surface area (Å²) < 4.78 is 105. The fourth-order valence-electron chi connectivity index (χ4n) is 3.51. The second kappa shape index (κ2) is 9.21. The summed E-state index contributed by atoms with van der Waals surface area (Å²) in [6.07, 6.45) is -9.62. The van der Waals surface area contributed by atoms with Gasteiger partial charge in [0.05, 0.1) is 16.2 Å². The van der Waals surface area contributed by atoms with Crippen LogP contribution in [0.3, 0.4) is 0 Å². The highest BCUT2D eigenvalue weighted by Crippen LogP contribution is 2.40. The van der Waals surface area contributed by atoms with Gasteiger partial charge in [0.15, 0.2) is 5.82 Å². The van der Waals surface area contributed by atoms with Crippen LogP contribution in [0.2, 0.25) is 0 Å². The molecular weight excluding hydrogens is 530 g/mol. The summed E-state index contributed by atoms with van der Waals surface area (Å²) in [5.41, 5.74) is -2.48. The molecule has 0 spiro atoms. The van der Waals surface area contributed by atoms with Crippen LogP contribution in [0.15, 0.2) is 83.8 Å². The molecule has 4 aromatic rings. The summed E-state index contributed by atoms with van der Waals surface area (Å²) in [4.78, 5) is 7.18. The lowest BCUT2D eigenvalue weighted by molar-refractivity contribution is -0.141. The van der Waals surface area contributed by atoms with Crippen molar-refractivity contribution in [1.82, 2.24) is 9.97 Å². The molecular formula is C24H13ClF6N2O2S. The van der Waals surface area contributed by atoms with Gasteiger partial charge in [-0.15, -0.1) is 0 Å². The van der Waals surface area contributed by atoms with Crippen molar-refractivity contribution in [2.24, 2.45) is 0 Å². The number of hydrogen-bond donors (Lipinski definition) is 0. The van der Waals surface area contributed by atoms with E-state index in [1.807, 2.05) is 0 Å². The first-order chi connectivity index (χ1) is 16.7. The van der Waals surface area contributed by atoms with Gasteiger partial charge in [-0.3, -0.25) is 0 Å². The Hall–Kier alpha value is -3.44. The van der Waals surface area contributed by atoms with Gasteiger partial charge >= 0.3 is 12.4 Å². The molecule has 0 amide bonds. The van der Waals surface area contributed by atoms with Crippen LogP contribution in [0.5, 0.6) is 0 Å². The van der Waals surface area contributed by atoms with Gasteiger partial charge in [0.1, 0.15) is 5.69 Å². The van der Waals surface area contributed by atoms with Crippen LogP contribution in [0, 0.1) is 0 Å². The molecule has 0 unspecified atom stereocenters. The zero-order valence-electron chi connectivity index (χ0n) is 17.8. The minimum atomic E-state index is -4.97. The molecule has 0 aliphatic carbocycles. The van der Waals surface area contributed by atoms with Crippen LogP contribution < -0.4 is 0 Å². The van der Waals surface area contributed by atoms with Crippen molar-refractivity contribution >= 4 is 19.7 Å². The molecule has 0 aliphatic rings. The Morgan fingerprint density at radius 3 is 1.89 bits per heavy atom. The van der Waals surface area contributed by atoms with Crippen molar-refractivity contribution in [2.75, 3.05) is 0 Å². The van der Waals surface area contributed by atoms with E-state index in [1.54, 1.807) is 30.3 Å². The highest BCUT2D eigenvalue weighted by molar-refractivity contribution is 8.13. The maximum absolute atomic E-state index is 13.8. The summed E-state index contributed by atoms with van der Waals surface area (Å²) in [6, 6.07) is 16.0. The normalized spacial score (nSPS) is 12.5. The predicted octanol–water partition coefficient (Wildman–Crippen LogP) is 7.44. The second-order valence-corrected chi connectivity index (χ2v) is 10.1. The minimum Gasteiger partial charge on any atom is -0.228 e. The van der Waals surface area contributed by atoms with Gasteiger partial charge in [-0.25, -0.2) is 18.4 Å². The molecule has 4 rings (SSSR count). The van der Waals surface area contributed by atoms with Crippen molar-refractivity contribution in [1.29, 1.82) is 0 Å². The van der Waals surface area contributed by atoms with Crippen LogP contribution in [-0.4, -0.2) is 18.4 Å². The SMILES string of the molecule is O=S(=O)(Cl)c1cccc(-c2ccccc2)c1-c1nc(-c2ccc(C(F)(F)F)cc2)cc(C(F)(F)F)n1. The molecule has 0 N–H and O–H groups in total. The number of aromatic nitrogens is 2. The average Bonchev–Trinajstić information content (AvgIpc) is 2.82. The van der Waals surface area contributed by atoms with E-state index in [9.17, 15) is 34.8 Å². The quantitative estimate of drug-likeness (QED) is 0.199. The highest BCUT2D eigenvalue weighted by atomic mass is 35.7. The number of hydrogen-bond acceptors (Lipinski definition) is 4. The van der Waals surface area contributed by atoms with Gasteiger partial charge in [-0.2, -0.15) is 26.3 Å². The molecule has 0 radical (unpaired) electrons. The standard InChI is InChI=1S/C24H13ClF6N2O2S/c25-36(34,35)19-8-4-7-17(14-5-2-1-3-6-14)21(19)22-32-18(13-20(33-22)24(29,30)31)15-9-11-16(12-10-15)23(26,27)28/h1-13H. The van der Waals surface area contributed by atoms with E-state index in [2.05, 4.69) is 9.97 Å². The third kappa shape index (κ3) is 5.36. The Morgan fingerprint density at radius 2 is 1.33 bits per heavy atom. The zero-order valence-corrected chi connectivity index (χ0v) is 19.3. The smallest absolute Gasteiger partial charge is 0.228 e. The lowest BCUT2D eigenvalue weighted by atomic mass is 9.98. The van der Waals surface area contributed by atoms with Crippen LogP contribution in [0.25, 0.3) is 33.8 Å². The maximum atomic E-state index is 13.8. The van der Waals surface area contributed by atoms with Gasteiger partial charge in [-0.05, 0) is 35.4 Å². The monoisotopic (exact) mass is 542 g/mol. The topological polar surface area (TPSA) is 59.9 Å². The summed E-state index contributed by atoms with van der Waals surface area (Å²) >= 11 is 0. The van der Waals surface area contributed by atoms with Gasteiger partial charge in [0.2, 0.25) is 0 Å². The minimum absolute atomic E-state index is 0.0652. The molecule has 0 saturated heterocycles. The molecule has 3 aromatic carbocycles. The van der Waals surface area contributed by atoms with E-state index in [4.69, 9.17) is 10.7 Å². The van der Waals surface area contributed by atoms with E-state index < -0.39 is 43.4 Å². The van der Waals surface area contributed by atoms with Crippen LogP contribution >= 0.6 is 10.7 Å². The Kier molecular flexibility index (Phi) is 6.56. The first kappa shape index (κ1) is 25.6. The van der Waals surface area contributed by atoms with E-state index in [0.717, 1.165) is 18.2 Å². The molecule has 0 saturated carbocycles. The predicted molar refractivity (Wildman–Crippen MR) is 121 cm³/mol. The molecule has 0 atom stereocenters. The van der Waals surface area contributed by atoms with Crippen molar-refractivity contribution in [2.45, 2.75) is 17.2 Å². The van der Waals surface area contributed by atoms with Crippen molar-refractivity contribution in [3.63, 3.8) is 0 Å². The van der Waals surface area contributed by atoms with Crippen LogP contribution in [-0.2, 0) is 21.4 Å². The Labute approximate surface area is 205 Å². The van der Waals surface area contributed by atoms with Gasteiger partial charge < -0.3 is 0 Å². The summed E-state index contributed by atoms with van der Waals surface area (Å²) in [6.45, 7) is 0. The molecule has 12 heteroatoms. The van der Waals surface area contributed by atoms with E-state index in [1.165, 1.54) is 12.1 Å². The summed E-state index contributed by atoms with van der Waals surface area (Å²) in [5.74, 6) is -0.613. The van der Waals surface area contributed by atoms with Gasteiger partial charge in [0.25, 0.3) is 9.05 Å². The van der Waals surface area contributed by atoms with E-state index in [-0.39, 0.29) is 22.4 Å². The van der Waals surface area contributed by atoms with Crippen LogP contribution in [0.4, 0.5) is 26.3 Å². The average molecular weight is 543 g/mol. The Bertz CT molecular complexity index is 1520. The lowest BCUT2D eigenvalue weighted by Crippen LogP contribution is -2.11.